The summed E-state index contributed by atoms with van der Waals surface area (Å²) in [5.41, 5.74) is 0.267. The fourth-order valence-electron chi connectivity index (χ4n) is 7.52. The molecule has 7 fully saturated rings. The molecule has 0 radical (unpaired) electrons. The quantitative estimate of drug-likeness (QED) is 0.564. The molecule has 102 valence electrons. The van der Waals surface area contributed by atoms with E-state index < -0.39 is 0 Å². The predicted octanol–water partition coefficient (Wildman–Crippen LogP) is 1.18. The van der Waals surface area contributed by atoms with Gasteiger partial charge in [0.05, 0.1) is 31.1 Å². The molecule has 1 saturated heterocycles. The normalized spacial score (nSPS) is 66.8. The molecule has 0 aromatic carbocycles. The summed E-state index contributed by atoms with van der Waals surface area (Å²) < 4.78 is 17.2. The van der Waals surface area contributed by atoms with Crippen molar-refractivity contribution in [3.05, 3.63) is 0 Å². The molecule has 7 rings (SSSR count). The van der Waals surface area contributed by atoms with Crippen molar-refractivity contribution in [2.75, 3.05) is 20.3 Å². The van der Waals surface area contributed by atoms with Crippen molar-refractivity contribution in [3.63, 3.8) is 0 Å². The summed E-state index contributed by atoms with van der Waals surface area (Å²) in [4.78, 5) is 11.7. The van der Waals surface area contributed by atoms with Crippen LogP contribution in [0.2, 0.25) is 0 Å². The first kappa shape index (κ1) is 10.6. The highest BCUT2D eigenvalue weighted by atomic mass is 79.9. The lowest BCUT2D eigenvalue weighted by atomic mass is 9.13. The Morgan fingerprint density at radius 1 is 1.16 bits per heavy atom. The first-order valence-corrected chi connectivity index (χ1v) is 7.97. The van der Waals surface area contributed by atoms with Crippen LogP contribution in [-0.2, 0) is 19.0 Å². The van der Waals surface area contributed by atoms with Crippen LogP contribution in [0.1, 0.15) is 6.42 Å². The average molecular weight is 327 g/mol. The van der Waals surface area contributed by atoms with Crippen molar-refractivity contribution >= 4 is 21.9 Å². The SMILES string of the molecule is COC(=O)CC12C3[C@H]4[C@H]1C1[C@H]2[C@H]3C4(Br)C12OCCO2. The summed E-state index contributed by atoms with van der Waals surface area (Å²) >= 11 is 4.01. The van der Waals surface area contributed by atoms with E-state index in [1.54, 1.807) is 0 Å². The lowest BCUT2D eigenvalue weighted by molar-refractivity contribution is -0.438. The second-order valence-electron chi connectivity index (χ2n) is 7.15. The molecule has 0 N–H and O–H groups in total. The molecule has 8 atom stereocenters. The van der Waals surface area contributed by atoms with Gasteiger partial charge in [0.1, 0.15) is 0 Å². The summed E-state index contributed by atoms with van der Waals surface area (Å²) in [6.07, 6.45) is 0.617. The van der Waals surface area contributed by atoms with Gasteiger partial charge in [0.2, 0.25) is 0 Å². The Hall–Kier alpha value is -0.130. The zero-order valence-electron chi connectivity index (χ0n) is 10.6. The first-order chi connectivity index (χ1) is 9.14. The number of carbonyl (C=O) groups excluding carboxylic acids is 1. The van der Waals surface area contributed by atoms with Crippen LogP contribution >= 0.6 is 15.9 Å². The van der Waals surface area contributed by atoms with Crippen molar-refractivity contribution in [3.8, 4) is 0 Å². The standard InChI is InChI=1S/C14H15BrO4/c1-17-5(16)4-12-6-9-7(12)11-8(12)10(6)13(9,15)14(11)18-2-3-19-14/h6-11H,2-4H2,1H3/t6?,7-,8+,9-,10-,11?,12?,13?/m0/s1. The van der Waals surface area contributed by atoms with Crippen LogP contribution in [0.15, 0.2) is 0 Å². The molecule has 7 aliphatic rings. The zero-order valence-corrected chi connectivity index (χ0v) is 12.2. The Morgan fingerprint density at radius 3 is 2.32 bits per heavy atom. The van der Waals surface area contributed by atoms with E-state index in [-0.39, 0.29) is 21.5 Å². The second-order valence-corrected chi connectivity index (χ2v) is 8.46. The van der Waals surface area contributed by atoms with E-state index in [1.165, 1.54) is 7.11 Å². The molecule has 0 aromatic heterocycles. The van der Waals surface area contributed by atoms with Gasteiger partial charge in [-0.15, -0.1) is 0 Å². The fourth-order valence-corrected chi connectivity index (χ4v) is 9.15. The highest BCUT2D eigenvalue weighted by molar-refractivity contribution is 9.10. The largest absolute Gasteiger partial charge is 0.469 e. The van der Waals surface area contributed by atoms with E-state index in [9.17, 15) is 4.79 Å². The van der Waals surface area contributed by atoms with Gasteiger partial charge in [-0.3, -0.25) is 4.79 Å². The monoisotopic (exact) mass is 326 g/mol. The maximum absolute atomic E-state index is 11.7. The second kappa shape index (κ2) is 2.53. The van der Waals surface area contributed by atoms with Gasteiger partial charge in [-0.1, -0.05) is 15.9 Å². The minimum Gasteiger partial charge on any atom is -0.469 e. The number of hydrogen-bond donors (Lipinski definition) is 0. The van der Waals surface area contributed by atoms with Crippen molar-refractivity contribution in [2.24, 2.45) is 40.9 Å². The molecule has 4 unspecified atom stereocenters. The van der Waals surface area contributed by atoms with Gasteiger partial charge in [0, 0.05) is 5.92 Å². The Kier molecular flexibility index (Phi) is 1.41. The molecule has 0 aromatic rings. The highest BCUT2D eigenvalue weighted by Gasteiger charge is 3.08. The average Bonchev–Trinajstić information content (AvgIpc) is 2.95. The molecule has 1 spiro atoms. The summed E-state index contributed by atoms with van der Waals surface area (Å²) in [7, 11) is 1.49. The van der Waals surface area contributed by atoms with E-state index in [1.807, 2.05) is 0 Å². The summed E-state index contributed by atoms with van der Waals surface area (Å²) in [5.74, 6) is 3.47. The number of halogens is 1. The number of hydrogen-bond acceptors (Lipinski definition) is 4. The molecule has 1 aliphatic heterocycles. The number of alkyl halides is 1. The molecule has 6 saturated carbocycles. The van der Waals surface area contributed by atoms with Crippen molar-refractivity contribution in [1.29, 1.82) is 0 Å². The topological polar surface area (TPSA) is 44.8 Å². The zero-order chi connectivity index (χ0) is 12.8. The molecule has 1 heterocycles. The third kappa shape index (κ3) is 0.625. The van der Waals surface area contributed by atoms with Gasteiger partial charge in [-0.05, 0) is 35.0 Å². The van der Waals surface area contributed by atoms with E-state index in [4.69, 9.17) is 14.2 Å². The third-order valence-electron chi connectivity index (χ3n) is 7.52. The van der Waals surface area contributed by atoms with Gasteiger partial charge in [0.15, 0.2) is 5.79 Å². The van der Waals surface area contributed by atoms with Gasteiger partial charge in [0.25, 0.3) is 0 Å². The van der Waals surface area contributed by atoms with Crippen LogP contribution in [0.3, 0.4) is 0 Å². The lowest BCUT2D eigenvalue weighted by Gasteiger charge is -2.91. The Labute approximate surface area is 119 Å². The van der Waals surface area contributed by atoms with Crippen molar-refractivity contribution < 1.29 is 19.0 Å². The van der Waals surface area contributed by atoms with E-state index >= 15 is 0 Å². The first-order valence-electron chi connectivity index (χ1n) is 7.18. The minimum atomic E-state index is -0.357. The Balaban J connectivity index is 1.44. The molecule has 19 heavy (non-hydrogen) atoms. The van der Waals surface area contributed by atoms with Gasteiger partial charge in [-0.25, -0.2) is 0 Å². The molecule has 2 bridgehead atoms. The van der Waals surface area contributed by atoms with E-state index in [0.29, 0.717) is 36.0 Å². The maximum atomic E-state index is 11.7. The summed E-state index contributed by atoms with van der Waals surface area (Å²) in [6, 6.07) is 0. The predicted molar refractivity (Wildman–Crippen MR) is 66.3 cm³/mol. The summed E-state index contributed by atoms with van der Waals surface area (Å²) in [6.45, 7) is 1.44. The fraction of sp³-hybridized carbons (Fsp3) is 0.929. The molecule has 5 heteroatoms. The lowest BCUT2D eigenvalue weighted by Crippen LogP contribution is -2.92. The Bertz CT molecular complexity index is 520. The van der Waals surface area contributed by atoms with Crippen LogP contribution in [-0.4, -0.2) is 36.4 Å². The van der Waals surface area contributed by atoms with Crippen LogP contribution in [0.25, 0.3) is 0 Å². The molecule has 4 nitrogen and oxygen atoms in total. The van der Waals surface area contributed by atoms with Crippen molar-refractivity contribution in [2.45, 2.75) is 16.5 Å². The van der Waals surface area contributed by atoms with Crippen LogP contribution < -0.4 is 0 Å². The van der Waals surface area contributed by atoms with Gasteiger partial charge < -0.3 is 14.2 Å². The molecule has 6 aliphatic carbocycles. The number of methoxy groups -OCH3 is 1. The van der Waals surface area contributed by atoms with E-state index in [2.05, 4.69) is 15.9 Å². The number of carbonyl (C=O) groups is 1. The third-order valence-corrected chi connectivity index (χ3v) is 9.13. The highest BCUT2D eigenvalue weighted by Crippen LogP contribution is 3.05. The Morgan fingerprint density at radius 2 is 1.74 bits per heavy atom. The number of ether oxygens (including phenoxy) is 3. The van der Waals surface area contributed by atoms with E-state index in [0.717, 1.165) is 19.1 Å². The van der Waals surface area contributed by atoms with Crippen LogP contribution in [0, 0.1) is 40.9 Å². The van der Waals surface area contributed by atoms with Crippen molar-refractivity contribution in [1.82, 2.24) is 0 Å². The minimum absolute atomic E-state index is 0.0402. The molecule has 0 amide bonds. The number of rotatable bonds is 2. The summed E-state index contributed by atoms with van der Waals surface area (Å²) in [5, 5.41) is 0. The number of esters is 1. The van der Waals surface area contributed by atoms with Crippen LogP contribution in [0.5, 0.6) is 0 Å². The maximum Gasteiger partial charge on any atom is 0.306 e. The van der Waals surface area contributed by atoms with Crippen LogP contribution in [0.4, 0.5) is 0 Å². The van der Waals surface area contributed by atoms with Gasteiger partial charge >= 0.3 is 5.97 Å². The smallest absolute Gasteiger partial charge is 0.306 e. The molecular weight excluding hydrogens is 312 g/mol. The van der Waals surface area contributed by atoms with Gasteiger partial charge in [-0.2, -0.15) is 0 Å². The molecular formula is C14H15BrO4.